The predicted octanol–water partition coefficient (Wildman–Crippen LogP) is 4.52. The highest BCUT2D eigenvalue weighted by Gasteiger charge is 2.21. The lowest BCUT2D eigenvalue weighted by molar-refractivity contribution is 0.0998. The molecular formula is C22H19N5O3S. The molecule has 0 saturated carbocycles. The molecule has 0 bridgehead atoms. The number of carbonyl (C=O) groups excluding carboxylic acids is 2. The van der Waals surface area contributed by atoms with Crippen LogP contribution in [0.1, 0.15) is 16.1 Å². The number of anilines is 2. The number of amides is 3. The summed E-state index contributed by atoms with van der Waals surface area (Å²) in [5, 5.41) is 9.50. The maximum atomic E-state index is 13.0. The first-order valence-corrected chi connectivity index (χ1v) is 10.4. The molecule has 4 rings (SSSR count). The van der Waals surface area contributed by atoms with Crippen LogP contribution in [0.15, 0.2) is 76.6 Å². The number of hydrogen-bond acceptors (Lipinski definition) is 6. The first-order chi connectivity index (χ1) is 15.1. The van der Waals surface area contributed by atoms with E-state index >= 15 is 0 Å². The fraction of sp³-hybridized carbons (Fsp3) is 0.0909. The topological polar surface area (TPSA) is 109 Å². The Bertz CT molecular complexity index is 1210. The van der Waals surface area contributed by atoms with Gasteiger partial charge in [0.15, 0.2) is 10.9 Å². The molecule has 0 saturated heterocycles. The van der Waals surface area contributed by atoms with Crippen molar-refractivity contribution < 1.29 is 14.0 Å². The molecule has 0 unspecified atom stereocenters. The van der Waals surface area contributed by atoms with Gasteiger partial charge in [-0.3, -0.25) is 4.79 Å². The fourth-order valence-corrected chi connectivity index (χ4v) is 3.77. The number of furan rings is 1. The lowest BCUT2D eigenvalue weighted by Crippen LogP contribution is -2.24. The lowest BCUT2D eigenvalue weighted by Gasteiger charge is -2.08. The molecule has 4 aromatic rings. The number of nitrogens with zero attached hydrogens (tertiary/aromatic N) is 2. The van der Waals surface area contributed by atoms with Crippen LogP contribution < -0.4 is 16.0 Å². The predicted molar refractivity (Wildman–Crippen MR) is 120 cm³/mol. The van der Waals surface area contributed by atoms with E-state index in [0.717, 1.165) is 10.9 Å². The van der Waals surface area contributed by atoms with Gasteiger partial charge in [-0.15, -0.1) is 0 Å². The average molecular weight is 433 g/mol. The Morgan fingerprint density at radius 2 is 1.61 bits per heavy atom. The Hall–Kier alpha value is -3.85. The van der Waals surface area contributed by atoms with Gasteiger partial charge in [-0.05, 0) is 36.4 Å². The summed E-state index contributed by atoms with van der Waals surface area (Å²) in [7, 11) is 1.54. The van der Waals surface area contributed by atoms with Crippen LogP contribution in [-0.4, -0.2) is 29.0 Å². The van der Waals surface area contributed by atoms with E-state index in [4.69, 9.17) is 4.42 Å². The highest BCUT2D eigenvalue weighted by molar-refractivity contribution is 7.98. The molecule has 0 radical (unpaired) electrons. The van der Waals surface area contributed by atoms with E-state index in [1.54, 1.807) is 42.7 Å². The maximum absolute atomic E-state index is 13.0. The molecular weight excluding hydrogens is 414 g/mol. The molecule has 156 valence electrons. The lowest BCUT2D eigenvalue weighted by atomic mass is 10.1. The number of fused-ring (bicyclic) bond motifs is 1. The summed E-state index contributed by atoms with van der Waals surface area (Å²) >= 11 is 1.43. The zero-order valence-corrected chi connectivity index (χ0v) is 17.4. The van der Waals surface area contributed by atoms with Crippen molar-refractivity contribution in [3.05, 3.63) is 78.3 Å². The van der Waals surface area contributed by atoms with E-state index in [-0.39, 0.29) is 17.7 Å². The third-order valence-corrected chi connectivity index (χ3v) is 5.32. The van der Waals surface area contributed by atoms with Gasteiger partial charge in [0.1, 0.15) is 5.58 Å². The first-order valence-electron chi connectivity index (χ1n) is 9.44. The minimum absolute atomic E-state index is 0.247. The normalized spacial score (nSPS) is 10.6. The van der Waals surface area contributed by atoms with Crippen molar-refractivity contribution >= 4 is 46.0 Å². The number of carbonyl (C=O) groups is 2. The minimum atomic E-state index is -0.354. The average Bonchev–Trinajstić information content (AvgIpc) is 3.18. The van der Waals surface area contributed by atoms with E-state index in [0.29, 0.717) is 27.9 Å². The quantitative estimate of drug-likeness (QED) is 0.305. The third-order valence-electron chi connectivity index (χ3n) is 4.42. The van der Waals surface area contributed by atoms with Crippen molar-refractivity contribution in [3.8, 4) is 0 Å². The van der Waals surface area contributed by atoms with Crippen molar-refractivity contribution in [2.45, 2.75) is 10.9 Å². The summed E-state index contributed by atoms with van der Waals surface area (Å²) in [6.45, 7) is 0. The van der Waals surface area contributed by atoms with Gasteiger partial charge in [-0.25, -0.2) is 14.8 Å². The molecule has 0 fully saturated rings. The Balaban J connectivity index is 1.55. The molecule has 31 heavy (non-hydrogen) atoms. The summed E-state index contributed by atoms with van der Waals surface area (Å²) in [6.07, 6.45) is 3.36. The SMILES string of the molecule is CNC(=O)Nc1ccc(NC(=O)c2oc3ccccc3c2CSc2ncccn2)cc1. The Morgan fingerprint density at radius 3 is 2.32 bits per heavy atom. The molecule has 3 N–H and O–H groups in total. The molecule has 8 nitrogen and oxygen atoms in total. The number of benzene rings is 2. The maximum Gasteiger partial charge on any atom is 0.318 e. The smallest absolute Gasteiger partial charge is 0.318 e. The summed E-state index contributed by atoms with van der Waals surface area (Å²) in [5.41, 5.74) is 2.62. The third kappa shape index (κ3) is 4.84. The fourth-order valence-electron chi connectivity index (χ4n) is 2.94. The van der Waals surface area contributed by atoms with Crippen molar-refractivity contribution in [1.82, 2.24) is 15.3 Å². The van der Waals surface area contributed by atoms with Crippen LogP contribution in [0.5, 0.6) is 0 Å². The van der Waals surface area contributed by atoms with Crippen molar-refractivity contribution in [3.63, 3.8) is 0 Å². The van der Waals surface area contributed by atoms with Crippen molar-refractivity contribution in [2.75, 3.05) is 17.7 Å². The van der Waals surface area contributed by atoms with Gasteiger partial charge >= 0.3 is 6.03 Å². The standard InChI is InChI=1S/C22H19N5O3S/c1-23-21(29)27-15-9-7-14(8-10-15)26-20(28)19-17(13-31-22-24-11-4-12-25-22)16-5-2-3-6-18(16)30-19/h2-12H,13H2,1H3,(H,26,28)(H2,23,27,29). The largest absolute Gasteiger partial charge is 0.451 e. The second-order valence-electron chi connectivity index (χ2n) is 6.46. The molecule has 0 aliphatic heterocycles. The minimum Gasteiger partial charge on any atom is -0.451 e. The number of aromatic nitrogens is 2. The second kappa shape index (κ2) is 9.31. The van der Waals surface area contributed by atoms with Crippen molar-refractivity contribution in [2.24, 2.45) is 0 Å². The molecule has 3 amide bonds. The molecule has 0 aliphatic rings. The van der Waals surface area contributed by atoms with Gasteiger partial charge in [0.25, 0.3) is 5.91 Å². The zero-order chi connectivity index (χ0) is 21.6. The Kier molecular flexibility index (Phi) is 6.13. The first kappa shape index (κ1) is 20.4. The van der Waals surface area contributed by atoms with Gasteiger partial charge in [0.2, 0.25) is 0 Å². The number of nitrogens with one attached hydrogen (secondary N) is 3. The van der Waals surface area contributed by atoms with E-state index in [2.05, 4.69) is 25.9 Å². The molecule has 2 heterocycles. The van der Waals surface area contributed by atoms with Gasteiger partial charge < -0.3 is 20.4 Å². The van der Waals surface area contributed by atoms with Crippen LogP contribution in [0.3, 0.4) is 0 Å². The van der Waals surface area contributed by atoms with Crippen LogP contribution in [0.2, 0.25) is 0 Å². The van der Waals surface area contributed by atoms with Gasteiger partial charge in [0.05, 0.1) is 0 Å². The van der Waals surface area contributed by atoms with Gasteiger partial charge in [-0.2, -0.15) is 0 Å². The molecule has 0 spiro atoms. The van der Waals surface area contributed by atoms with Crippen LogP contribution in [-0.2, 0) is 5.75 Å². The number of thioether (sulfide) groups is 1. The van der Waals surface area contributed by atoms with E-state index in [1.165, 1.54) is 18.8 Å². The number of hydrogen-bond donors (Lipinski definition) is 3. The van der Waals surface area contributed by atoms with Gasteiger partial charge in [0, 0.05) is 47.5 Å². The number of rotatable bonds is 6. The monoisotopic (exact) mass is 433 g/mol. The van der Waals surface area contributed by atoms with E-state index in [1.807, 2.05) is 24.3 Å². The number of urea groups is 1. The van der Waals surface area contributed by atoms with Crippen LogP contribution in [0.25, 0.3) is 11.0 Å². The van der Waals surface area contributed by atoms with Crippen LogP contribution in [0.4, 0.5) is 16.2 Å². The zero-order valence-electron chi connectivity index (χ0n) is 16.6. The molecule has 0 atom stereocenters. The summed E-state index contributed by atoms with van der Waals surface area (Å²) < 4.78 is 5.88. The van der Waals surface area contributed by atoms with Gasteiger partial charge in [-0.1, -0.05) is 30.0 Å². The van der Waals surface area contributed by atoms with Crippen molar-refractivity contribution in [1.29, 1.82) is 0 Å². The van der Waals surface area contributed by atoms with E-state index in [9.17, 15) is 9.59 Å². The molecule has 9 heteroatoms. The van der Waals surface area contributed by atoms with E-state index < -0.39 is 0 Å². The second-order valence-corrected chi connectivity index (χ2v) is 7.40. The molecule has 0 aliphatic carbocycles. The Morgan fingerprint density at radius 1 is 0.935 bits per heavy atom. The highest BCUT2D eigenvalue weighted by Crippen LogP contribution is 2.31. The molecule has 2 aromatic heterocycles. The summed E-state index contributed by atoms with van der Waals surface area (Å²) in [6, 6.07) is 15.8. The van der Waals surface area contributed by atoms with Crippen LogP contribution >= 0.6 is 11.8 Å². The summed E-state index contributed by atoms with van der Waals surface area (Å²) in [5.74, 6) is 0.378. The molecule has 2 aromatic carbocycles. The van der Waals surface area contributed by atoms with Crippen LogP contribution in [0, 0.1) is 0 Å². The summed E-state index contributed by atoms with van der Waals surface area (Å²) in [4.78, 5) is 32.8. The number of para-hydroxylation sites is 1. The highest BCUT2D eigenvalue weighted by atomic mass is 32.2. The Labute approximate surface area is 182 Å².